The zero-order valence-electron chi connectivity index (χ0n) is 16.0. The maximum Gasteiger partial charge on any atom is 0.262 e. The second-order valence-corrected chi connectivity index (χ2v) is 9.19. The van der Waals surface area contributed by atoms with Crippen LogP contribution >= 0.6 is 27.7 Å². The van der Waals surface area contributed by atoms with Gasteiger partial charge in [0.15, 0.2) is 5.16 Å². The lowest BCUT2D eigenvalue weighted by atomic mass is 9.78. The summed E-state index contributed by atoms with van der Waals surface area (Å²) in [5.41, 5.74) is 0.590. The SMILES string of the molecule is CCn1c(SCC(=O)NC2CCCC(C)C2C)nc2ccc(Br)cc2c1=O. The van der Waals surface area contributed by atoms with Crippen molar-refractivity contribution in [2.24, 2.45) is 11.8 Å². The molecule has 1 aliphatic carbocycles. The van der Waals surface area contributed by atoms with Crippen LogP contribution in [0.15, 0.2) is 32.6 Å². The molecule has 3 unspecified atom stereocenters. The fourth-order valence-corrected chi connectivity index (χ4v) is 4.96. The number of hydrogen-bond acceptors (Lipinski definition) is 4. The van der Waals surface area contributed by atoms with Gasteiger partial charge in [0.1, 0.15) is 0 Å². The Bertz CT molecular complexity index is 899. The van der Waals surface area contributed by atoms with E-state index in [9.17, 15) is 9.59 Å². The molecule has 3 atom stereocenters. The van der Waals surface area contributed by atoms with Crippen molar-refractivity contribution in [3.05, 3.63) is 33.0 Å². The highest BCUT2D eigenvalue weighted by Crippen LogP contribution is 2.29. The Morgan fingerprint density at radius 2 is 2.15 bits per heavy atom. The summed E-state index contributed by atoms with van der Waals surface area (Å²) in [7, 11) is 0. The minimum absolute atomic E-state index is 0.0127. The van der Waals surface area contributed by atoms with Gasteiger partial charge in [0.25, 0.3) is 5.56 Å². The molecule has 1 aromatic carbocycles. The molecule has 1 amide bonds. The quantitative estimate of drug-likeness (QED) is 0.545. The van der Waals surface area contributed by atoms with Crippen LogP contribution in [0.25, 0.3) is 10.9 Å². The molecule has 1 aliphatic rings. The number of benzene rings is 1. The van der Waals surface area contributed by atoms with Crippen molar-refractivity contribution < 1.29 is 4.79 Å². The third-order valence-electron chi connectivity index (χ3n) is 5.58. The zero-order valence-corrected chi connectivity index (χ0v) is 18.4. The van der Waals surface area contributed by atoms with E-state index in [4.69, 9.17) is 0 Å². The molecule has 27 heavy (non-hydrogen) atoms. The maximum absolute atomic E-state index is 12.8. The van der Waals surface area contributed by atoms with Crippen LogP contribution in [0.5, 0.6) is 0 Å². The van der Waals surface area contributed by atoms with E-state index in [0.717, 1.165) is 10.9 Å². The maximum atomic E-state index is 12.8. The molecular formula is C20H26BrN3O2S. The van der Waals surface area contributed by atoms with Gasteiger partial charge in [-0.05, 0) is 43.4 Å². The molecule has 0 saturated heterocycles. The first-order chi connectivity index (χ1) is 12.9. The average molecular weight is 452 g/mol. The molecule has 2 aromatic rings. The van der Waals surface area contributed by atoms with E-state index in [1.54, 1.807) is 10.6 Å². The van der Waals surface area contributed by atoms with E-state index < -0.39 is 0 Å². The predicted octanol–water partition coefficient (Wildman–Crippen LogP) is 4.21. The molecule has 1 heterocycles. The number of aromatic nitrogens is 2. The summed E-state index contributed by atoms with van der Waals surface area (Å²) in [6, 6.07) is 5.74. The van der Waals surface area contributed by atoms with Crippen LogP contribution in [0.3, 0.4) is 0 Å². The van der Waals surface area contributed by atoms with Crippen molar-refractivity contribution in [2.75, 3.05) is 5.75 Å². The van der Waals surface area contributed by atoms with Gasteiger partial charge in [-0.15, -0.1) is 0 Å². The molecule has 1 aromatic heterocycles. The van der Waals surface area contributed by atoms with E-state index in [-0.39, 0.29) is 23.3 Å². The number of rotatable bonds is 5. The van der Waals surface area contributed by atoms with E-state index in [1.165, 1.54) is 24.6 Å². The number of thioether (sulfide) groups is 1. The zero-order chi connectivity index (χ0) is 19.6. The Kier molecular flexibility index (Phi) is 6.63. The summed E-state index contributed by atoms with van der Waals surface area (Å²) in [6.45, 7) is 6.92. The van der Waals surface area contributed by atoms with Gasteiger partial charge in [-0.1, -0.05) is 54.4 Å². The van der Waals surface area contributed by atoms with Crippen LogP contribution < -0.4 is 10.9 Å². The summed E-state index contributed by atoms with van der Waals surface area (Å²) in [6.07, 6.45) is 3.45. The van der Waals surface area contributed by atoms with E-state index in [0.29, 0.717) is 34.4 Å². The largest absolute Gasteiger partial charge is 0.352 e. The topological polar surface area (TPSA) is 64.0 Å². The standard InChI is InChI=1S/C20H26BrN3O2S/c1-4-24-19(26)15-10-14(21)8-9-17(15)23-20(24)27-11-18(25)22-16-7-5-6-12(2)13(16)3/h8-10,12-13,16H,4-7,11H2,1-3H3,(H,22,25). The van der Waals surface area contributed by atoms with Crippen LogP contribution in [0, 0.1) is 11.8 Å². The fourth-order valence-electron chi connectivity index (χ4n) is 3.73. The number of hydrogen-bond donors (Lipinski definition) is 1. The van der Waals surface area contributed by atoms with Crippen molar-refractivity contribution in [3.8, 4) is 0 Å². The first kappa shape index (κ1) is 20.4. The molecule has 1 saturated carbocycles. The minimum Gasteiger partial charge on any atom is -0.352 e. The van der Waals surface area contributed by atoms with Crippen molar-refractivity contribution in [1.82, 2.24) is 14.9 Å². The Hall–Kier alpha value is -1.34. The molecule has 7 heteroatoms. The third-order valence-corrected chi connectivity index (χ3v) is 7.05. The van der Waals surface area contributed by atoms with Gasteiger partial charge < -0.3 is 5.32 Å². The minimum atomic E-state index is -0.0681. The highest BCUT2D eigenvalue weighted by molar-refractivity contribution is 9.10. The van der Waals surface area contributed by atoms with Gasteiger partial charge in [0, 0.05) is 17.1 Å². The summed E-state index contributed by atoms with van der Waals surface area (Å²) in [5.74, 6) is 1.42. The molecule has 146 valence electrons. The molecule has 0 aliphatic heterocycles. The number of nitrogens with zero attached hydrogens (tertiary/aromatic N) is 2. The number of nitrogens with one attached hydrogen (secondary N) is 1. The number of halogens is 1. The van der Waals surface area contributed by atoms with Gasteiger partial charge in [-0.3, -0.25) is 14.2 Å². The number of carbonyl (C=O) groups is 1. The van der Waals surface area contributed by atoms with Crippen molar-refractivity contribution >= 4 is 44.5 Å². The highest BCUT2D eigenvalue weighted by Gasteiger charge is 2.28. The molecule has 0 spiro atoms. The summed E-state index contributed by atoms with van der Waals surface area (Å²) < 4.78 is 2.49. The second-order valence-electron chi connectivity index (χ2n) is 7.34. The fraction of sp³-hybridized carbons (Fsp3) is 0.550. The van der Waals surface area contributed by atoms with E-state index >= 15 is 0 Å². The van der Waals surface area contributed by atoms with Crippen molar-refractivity contribution in [2.45, 2.75) is 57.8 Å². The summed E-state index contributed by atoms with van der Waals surface area (Å²) in [4.78, 5) is 29.9. The van der Waals surface area contributed by atoms with Crippen LogP contribution in [0.1, 0.15) is 40.0 Å². The Morgan fingerprint density at radius 3 is 2.89 bits per heavy atom. The molecule has 0 radical (unpaired) electrons. The van der Waals surface area contributed by atoms with Crippen molar-refractivity contribution in [3.63, 3.8) is 0 Å². The summed E-state index contributed by atoms with van der Waals surface area (Å²) >= 11 is 4.74. The van der Waals surface area contributed by atoms with Gasteiger partial charge in [0.2, 0.25) is 5.91 Å². The number of carbonyl (C=O) groups excluding carboxylic acids is 1. The predicted molar refractivity (Wildman–Crippen MR) is 114 cm³/mol. The Balaban J connectivity index is 1.73. The van der Waals surface area contributed by atoms with Gasteiger partial charge in [0.05, 0.1) is 16.7 Å². The van der Waals surface area contributed by atoms with Crippen LogP contribution in [0.2, 0.25) is 0 Å². The second kappa shape index (κ2) is 8.78. The van der Waals surface area contributed by atoms with Crippen LogP contribution in [-0.2, 0) is 11.3 Å². The Labute approximate surface area is 172 Å². The lowest BCUT2D eigenvalue weighted by Crippen LogP contribution is -2.44. The van der Waals surface area contributed by atoms with Gasteiger partial charge in [-0.2, -0.15) is 0 Å². The normalized spacial score (nSPS) is 22.7. The smallest absolute Gasteiger partial charge is 0.262 e. The average Bonchev–Trinajstić information content (AvgIpc) is 2.64. The van der Waals surface area contributed by atoms with E-state index in [2.05, 4.69) is 40.1 Å². The van der Waals surface area contributed by atoms with Crippen molar-refractivity contribution in [1.29, 1.82) is 0 Å². The monoisotopic (exact) mass is 451 g/mol. The van der Waals surface area contributed by atoms with Gasteiger partial charge >= 0.3 is 0 Å². The van der Waals surface area contributed by atoms with E-state index in [1.807, 2.05) is 19.1 Å². The van der Waals surface area contributed by atoms with Gasteiger partial charge in [-0.25, -0.2) is 4.98 Å². The molecule has 1 fully saturated rings. The lowest BCUT2D eigenvalue weighted by Gasteiger charge is -2.34. The van der Waals surface area contributed by atoms with Crippen LogP contribution in [-0.4, -0.2) is 27.3 Å². The first-order valence-electron chi connectivity index (χ1n) is 9.53. The molecule has 3 rings (SSSR count). The number of amides is 1. The molecule has 5 nitrogen and oxygen atoms in total. The van der Waals surface area contributed by atoms with Crippen LogP contribution in [0.4, 0.5) is 0 Å². The highest BCUT2D eigenvalue weighted by atomic mass is 79.9. The summed E-state index contributed by atoms with van der Waals surface area (Å²) in [5, 5.41) is 4.37. The lowest BCUT2D eigenvalue weighted by molar-refractivity contribution is -0.120. The Morgan fingerprint density at radius 1 is 1.37 bits per heavy atom. The first-order valence-corrected chi connectivity index (χ1v) is 11.3. The number of fused-ring (bicyclic) bond motifs is 1. The molecule has 0 bridgehead atoms. The molecule has 1 N–H and O–H groups in total. The molecular weight excluding hydrogens is 426 g/mol. The third kappa shape index (κ3) is 4.57.